The van der Waals surface area contributed by atoms with Crippen LogP contribution in [0.15, 0.2) is 24.3 Å². The zero-order valence-electron chi connectivity index (χ0n) is 15.7. The molecular weight excluding hydrogens is 364 g/mol. The number of benzene rings is 1. The zero-order valence-corrected chi connectivity index (χ0v) is 17.6. The van der Waals surface area contributed by atoms with Crippen molar-refractivity contribution >= 4 is 16.3 Å². The molecule has 7 nitrogen and oxygen atoms in total. The summed E-state index contributed by atoms with van der Waals surface area (Å²) in [4.78, 5) is 12.5. The van der Waals surface area contributed by atoms with Crippen LogP contribution in [0.1, 0.15) is 12.5 Å². The first-order chi connectivity index (χ1) is 12.0. The van der Waals surface area contributed by atoms with Crippen LogP contribution in [-0.2, 0) is 24.5 Å². The van der Waals surface area contributed by atoms with Crippen molar-refractivity contribution in [3.63, 3.8) is 0 Å². The Hall–Kier alpha value is -0.360. The number of rotatable bonds is 13. The van der Waals surface area contributed by atoms with E-state index in [1.807, 2.05) is 19.1 Å². The summed E-state index contributed by atoms with van der Waals surface area (Å²) in [6, 6.07) is 8.04. The molecule has 146 valence electrons. The second kappa shape index (κ2) is 12.1. The van der Waals surface area contributed by atoms with Gasteiger partial charge in [-0.1, -0.05) is 0 Å². The molecule has 0 saturated carbocycles. The van der Waals surface area contributed by atoms with E-state index >= 15 is 0 Å². The van der Waals surface area contributed by atoms with E-state index in [2.05, 4.69) is 17.0 Å². The van der Waals surface area contributed by atoms with Crippen LogP contribution >= 0.6 is 16.3 Å². The summed E-state index contributed by atoms with van der Waals surface area (Å²) in [7, 11) is 1.93. The average molecular weight is 395 g/mol. The predicted molar refractivity (Wildman–Crippen MR) is 103 cm³/mol. The van der Waals surface area contributed by atoms with Crippen LogP contribution in [0.2, 0.25) is 0 Å². The number of hydrogen-bond donors (Lipinski definition) is 1. The molecule has 0 aliphatic rings. The Labute approximate surface area is 152 Å². The second-order valence-corrected chi connectivity index (χ2v) is 9.58. The van der Waals surface area contributed by atoms with Crippen LogP contribution in [0, 0.1) is 0 Å². The van der Waals surface area contributed by atoms with Gasteiger partial charge in [-0.15, -0.1) is 0 Å². The van der Waals surface area contributed by atoms with Gasteiger partial charge in [0.1, 0.15) is 0 Å². The summed E-state index contributed by atoms with van der Waals surface area (Å²) in [6.07, 6.45) is 1.71. The first kappa shape index (κ1) is 22.7. The van der Waals surface area contributed by atoms with Gasteiger partial charge in [-0.2, -0.15) is 0 Å². The maximum atomic E-state index is 10.4. The first-order valence-electron chi connectivity index (χ1n) is 8.12. The van der Waals surface area contributed by atoms with E-state index in [-0.39, 0.29) is 0 Å². The quantitative estimate of drug-likeness (QED) is 0.514. The van der Waals surface area contributed by atoms with E-state index in [1.54, 1.807) is 14.2 Å². The van der Waals surface area contributed by atoms with E-state index in [0.29, 0.717) is 19.2 Å². The molecule has 0 heterocycles. The molecule has 0 radical (unpaired) electrons. The average Bonchev–Trinajstić information content (AvgIpc) is 2.65. The Morgan fingerprint density at radius 3 is 2.12 bits per heavy atom. The Bertz CT molecular complexity index is 468. The number of ether oxygens (including phenoxy) is 1. The molecule has 25 heavy (non-hydrogen) atoms. The molecule has 0 spiro atoms. The van der Waals surface area contributed by atoms with Crippen molar-refractivity contribution in [3.8, 4) is 5.75 Å². The van der Waals surface area contributed by atoms with Crippen LogP contribution < -0.4 is 4.74 Å². The third kappa shape index (κ3) is 8.25. The van der Waals surface area contributed by atoms with E-state index in [1.165, 1.54) is 19.8 Å². The standard InChI is InChI=1S/C16H31NO6P2/c1-6-23-16-9-7-15(8-10-16)11-12-17(13-24(19-2)20-3)14-25(18,21-4)22-5/h7-10,18,25H,6,11-14H2,1-5H3. The summed E-state index contributed by atoms with van der Waals surface area (Å²) in [5.74, 6) is 0.867. The molecule has 1 aromatic rings. The minimum absolute atomic E-state index is 0.322. The zero-order chi connectivity index (χ0) is 18.7. The van der Waals surface area contributed by atoms with Crippen molar-refractivity contribution in [3.05, 3.63) is 29.8 Å². The Morgan fingerprint density at radius 1 is 1.04 bits per heavy atom. The SMILES string of the molecule is CCOc1ccc(CCN(CP(OC)OC)C[PH](O)(OC)OC)cc1. The molecule has 0 saturated heterocycles. The fraction of sp³-hybridized carbons (Fsp3) is 0.625. The first-order valence-corrected chi connectivity index (χ1v) is 11.5. The molecule has 1 N–H and O–H groups in total. The van der Waals surface area contributed by atoms with E-state index in [9.17, 15) is 4.89 Å². The van der Waals surface area contributed by atoms with Crippen molar-refractivity contribution in [2.24, 2.45) is 0 Å². The molecule has 0 atom stereocenters. The fourth-order valence-electron chi connectivity index (χ4n) is 2.25. The normalized spacial score (nSPS) is 12.8. The molecule has 0 aromatic heterocycles. The van der Waals surface area contributed by atoms with Crippen molar-refractivity contribution in [2.75, 3.05) is 54.2 Å². The summed E-state index contributed by atoms with van der Waals surface area (Å²) < 4.78 is 26.5. The summed E-state index contributed by atoms with van der Waals surface area (Å²) in [6.45, 7) is 3.34. The van der Waals surface area contributed by atoms with Crippen molar-refractivity contribution in [1.29, 1.82) is 0 Å². The summed E-state index contributed by atoms with van der Waals surface area (Å²) >= 11 is 0. The molecule has 1 aromatic carbocycles. The Balaban J connectivity index is 2.71. The molecule has 0 aliphatic heterocycles. The number of nitrogens with zero attached hydrogens (tertiary/aromatic N) is 1. The van der Waals surface area contributed by atoms with Gasteiger partial charge in [0.25, 0.3) is 0 Å². The second-order valence-electron chi connectivity index (χ2n) is 5.34. The molecule has 0 amide bonds. The topological polar surface area (TPSA) is 69.6 Å². The van der Waals surface area contributed by atoms with Crippen LogP contribution in [0.5, 0.6) is 5.75 Å². The van der Waals surface area contributed by atoms with Gasteiger partial charge in [0, 0.05) is 0 Å². The minimum atomic E-state index is -3.21. The van der Waals surface area contributed by atoms with E-state index in [4.69, 9.17) is 22.8 Å². The van der Waals surface area contributed by atoms with Gasteiger partial charge in [0.15, 0.2) is 0 Å². The van der Waals surface area contributed by atoms with Crippen LogP contribution in [0.3, 0.4) is 0 Å². The molecule has 9 heteroatoms. The van der Waals surface area contributed by atoms with Crippen LogP contribution in [-0.4, -0.2) is 64.0 Å². The molecule has 0 aliphatic carbocycles. The van der Waals surface area contributed by atoms with Gasteiger partial charge in [-0.25, -0.2) is 0 Å². The third-order valence-electron chi connectivity index (χ3n) is 3.74. The summed E-state index contributed by atoms with van der Waals surface area (Å²) in [5, 5.41) is 0. The van der Waals surface area contributed by atoms with Crippen LogP contribution in [0.25, 0.3) is 0 Å². The third-order valence-corrected chi connectivity index (χ3v) is 7.30. The van der Waals surface area contributed by atoms with Gasteiger partial charge in [0.2, 0.25) is 0 Å². The monoisotopic (exact) mass is 395 g/mol. The van der Waals surface area contributed by atoms with E-state index in [0.717, 1.165) is 18.7 Å². The number of hydrogen-bond acceptors (Lipinski definition) is 7. The predicted octanol–water partition coefficient (Wildman–Crippen LogP) is 3.23. The maximum absolute atomic E-state index is 10.4. The Kier molecular flexibility index (Phi) is 11.0. The molecule has 0 fully saturated rings. The fourth-order valence-corrected chi connectivity index (χ4v) is 4.65. The molecule has 1 rings (SSSR count). The molecule has 0 unspecified atom stereocenters. The summed E-state index contributed by atoms with van der Waals surface area (Å²) in [5.41, 5.74) is 1.19. The van der Waals surface area contributed by atoms with E-state index < -0.39 is 16.3 Å². The van der Waals surface area contributed by atoms with Gasteiger partial charge in [-0.3, -0.25) is 0 Å². The van der Waals surface area contributed by atoms with Crippen molar-refractivity contribution in [2.45, 2.75) is 13.3 Å². The van der Waals surface area contributed by atoms with Crippen molar-refractivity contribution in [1.82, 2.24) is 4.90 Å². The van der Waals surface area contributed by atoms with Gasteiger partial charge in [0.05, 0.1) is 0 Å². The van der Waals surface area contributed by atoms with Gasteiger partial charge >= 0.3 is 152 Å². The van der Waals surface area contributed by atoms with Crippen molar-refractivity contribution < 1.29 is 27.7 Å². The molecule has 0 bridgehead atoms. The van der Waals surface area contributed by atoms with Crippen LogP contribution in [0.4, 0.5) is 0 Å². The van der Waals surface area contributed by atoms with Gasteiger partial charge in [-0.05, 0) is 0 Å². The van der Waals surface area contributed by atoms with Gasteiger partial charge < -0.3 is 0 Å². The molecular formula is C16H31NO6P2. The Morgan fingerprint density at radius 2 is 1.64 bits per heavy atom.